The first-order valence-electron chi connectivity index (χ1n) is 5.47. The number of aliphatic hydroxyl groups is 1. The molecule has 4 heteroatoms. The SMILES string of the molecule is C[C@H](O)c1ccc(Oc2cc(F)ccc2F)cc1. The van der Waals surface area contributed by atoms with Crippen LogP contribution in [0.2, 0.25) is 0 Å². The summed E-state index contributed by atoms with van der Waals surface area (Å²) >= 11 is 0. The minimum atomic E-state index is -0.629. The van der Waals surface area contributed by atoms with Crippen molar-refractivity contribution in [2.75, 3.05) is 0 Å². The molecule has 0 spiro atoms. The summed E-state index contributed by atoms with van der Waals surface area (Å²) in [6.07, 6.45) is -0.579. The van der Waals surface area contributed by atoms with Crippen LogP contribution in [0.3, 0.4) is 0 Å². The lowest BCUT2D eigenvalue weighted by molar-refractivity contribution is 0.199. The fourth-order valence-electron chi connectivity index (χ4n) is 1.50. The Morgan fingerprint density at radius 3 is 2.33 bits per heavy atom. The van der Waals surface area contributed by atoms with Crippen LogP contribution in [0.5, 0.6) is 11.5 Å². The normalized spacial score (nSPS) is 12.2. The van der Waals surface area contributed by atoms with E-state index in [9.17, 15) is 13.9 Å². The van der Waals surface area contributed by atoms with Crippen molar-refractivity contribution in [1.82, 2.24) is 0 Å². The van der Waals surface area contributed by atoms with Gasteiger partial charge in [-0.3, -0.25) is 0 Å². The van der Waals surface area contributed by atoms with Gasteiger partial charge in [0.1, 0.15) is 11.6 Å². The summed E-state index contributed by atoms with van der Waals surface area (Å²) in [5, 5.41) is 9.33. The molecule has 0 fully saturated rings. The van der Waals surface area contributed by atoms with Crippen LogP contribution >= 0.6 is 0 Å². The standard InChI is InChI=1S/C14H12F2O2/c1-9(17)10-2-5-12(6-3-10)18-14-8-11(15)4-7-13(14)16/h2-9,17H,1H3/t9-/m0/s1. The molecule has 0 radical (unpaired) electrons. The molecule has 2 nitrogen and oxygen atoms in total. The Morgan fingerprint density at radius 2 is 1.72 bits per heavy atom. The number of benzene rings is 2. The number of hydrogen-bond acceptors (Lipinski definition) is 2. The van der Waals surface area contributed by atoms with E-state index in [2.05, 4.69) is 0 Å². The van der Waals surface area contributed by atoms with Gasteiger partial charge in [-0.15, -0.1) is 0 Å². The number of halogens is 2. The van der Waals surface area contributed by atoms with E-state index in [1.807, 2.05) is 0 Å². The predicted octanol–water partition coefficient (Wildman–Crippen LogP) is 3.81. The molecule has 2 rings (SSSR count). The second-order valence-electron chi connectivity index (χ2n) is 3.92. The highest BCUT2D eigenvalue weighted by atomic mass is 19.1. The van der Waals surface area contributed by atoms with Gasteiger partial charge in [0.05, 0.1) is 6.10 Å². The van der Waals surface area contributed by atoms with Crippen LogP contribution in [0.15, 0.2) is 42.5 Å². The number of ether oxygens (including phenoxy) is 1. The van der Waals surface area contributed by atoms with Crippen LogP contribution in [0.25, 0.3) is 0 Å². The minimum absolute atomic E-state index is 0.167. The van der Waals surface area contributed by atoms with E-state index in [1.165, 1.54) is 0 Å². The van der Waals surface area contributed by atoms with Crippen LogP contribution in [0.1, 0.15) is 18.6 Å². The molecule has 0 aliphatic carbocycles. The molecular weight excluding hydrogens is 238 g/mol. The van der Waals surface area contributed by atoms with Crippen molar-refractivity contribution in [2.45, 2.75) is 13.0 Å². The maximum absolute atomic E-state index is 13.3. The third-order valence-corrected chi connectivity index (χ3v) is 2.48. The fourth-order valence-corrected chi connectivity index (χ4v) is 1.50. The average molecular weight is 250 g/mol. The zero-order valence-electron chi connectivity index (χ0n) is 9.73. The Labute approximate surface area is 103 Å². The van der Waals surface area contributed by atoms with Crippen molar-refractivity contribution >= 4 is 0 Å². The van der Waals surface area contributed by atoms with E-state index in [-0.39, 0.29) is 5.75 Å². The third kappa shape index (κ3) is 2.84. The number of aliphatic hydroxyl groups excluding tert-OH is 1. The van der Waals surface area contributed by atoms with Gasteiger partial charge >= 0.3 is 0 Å². The van der Waals surface area contributed by atoms with E-state index >= 15 is 0 Å². The molecule has 0 bridgehead atoms. The molecule has 0 aliphatic rings. The largest absolute Gasteiger partial charge is 0.454 e. The highest BCUT2D eigenvalue weighted by molar-refractivity contribution is 5.34. The lowest BCUT2D eigenvalue weighted by atomic mass is 10.1. The monoisotopic (exact) mass is 250 g/mol. The quantitative estimate of drug-likeness (QED) is 0.897. The molecule has 2 aromatic carbocycles. The van der Waals surface area contributed by atoms with Gasteiger partial charge in [0, 0.05) is 6.07 Å². The predicted molar refractivity (Wildman–Crippen MR) is 63.5 cm³/mol. The van der Waals surface area contributed by atoms with Crippen LogP contribution < -0.4 is 4.74 Å². The fraction of sp³-hybridized carbons (Fsp3) is 0.143. The van der Waals surface area contributed by atoms with Gasteiger partial charge in [0.25, 0.3) is 0 Å². The first-order valence-corrected chi connectivity index (χ1v) is 5.47. The van der Waals surface area contributed by atoms with Crippen LogP contribution in [-0.4, -0.2) is 5.11 Å². The van der Waals surface area contributed by atoms with Gasteiger partial charge in [-0.2, -0.15) is 0 Å². The van der Waals surface area contributed by atoms with Gasteiger partial charge in [-0.05, 0) is 36.8 Å². The Kier molecular flexibility index (Phi) is 3.58. The van der Waals surface area contributed by atoms with Crippen LogP contribution in [0.4, 0.5) is 8.78 Å². The average Bonchev–Trinajstić information content (AvgIpc) is 2.34. The van der Waals surface area contributed by atoms with Crippen molar-refractivity contribution in [3.05, 3.63) is 59.7 Å². The molecule has 0 saturated heterocycles. The maximum Gasteiger partial charge on any atom is 0.165 e. The van der Waals surface area contributed by atoms with Crippen LogP contribution in [0, 0.1) is 11.6 Å². The molecule has 0 aliphatic heterocycles. The summed E-state index contributed by atoms with van der Waals surface area (Å²) in [7, 11) is 0. The maximum atomic E-state index is 13.3. The molecule has 0 heterocycles. The molecule has 0 saturated carbocycles. The van der Waals surface area contributed by atoms with E-state index < -0.39 is 17.7 Å². The summed E-state index contributed by atoms with van der Waals surface area (Å²) in [6.45, 7) is 1.64. The molecule has 2 aromatic rings. The molecule has 1 N–H and O–H groups in total. The van der Waals surface area contributed by atoms with Crippen LogP contribution in [-0.2, 0) is 0 Å². The van der Waals surface area contributed by atoms with E-state index in [0.717, 1.165) is 23.8 Å². The van der Waals surface area contributed by atoms with E-state index in [1.54, 1.807) is 31.2 Å². The summed E-state index contributed by atoms with van der Waals surface area (Å²) in [4.78, 5) is 0. The molecule has 0 unspecified atom stereocenters. The summed E-state index contributed by atoms with van der Waals surface area (Å²) in [6, 6.07) is 9.53. The lowest BCUT2D eigenvalue weighted by Gasteiger charge is -2.09. The summed E-state index contributed by atoms with van der Waals surface area (Å²) in [5.74, 6) is -0.980. The third-order valence-electron chi connectivity index (χ3n) is 2.48. The first kappa shape index (κ1) is 12.5. The van der Waals surface area contributed by atoms with Crippen molar-refractivity contribution in [3.8, 4) is 11.5 Å². The summed E-state index contributed by atoms with van der Waals surface area (Å²) < 4.78 is 31.5. The Balaban J connectivity index is 2.21. The molecule has 0 amide bonds. The second kappa shape index (κ2) is 5.14. The molecule has 0 aromatic heterocycles. The highest BCUT2D eigenvalue weighted by Gasteiger charge is 2.07. The zero-order chi connectivity index (χ0) is 13.1. The number of hydrogen-bond donors (Lipinski definition) is 1. The minimum Gasteiger partial charge on any atom is -0.454 e. The summed E-state index contributed by atoms with van der Waals surface area (Å²) in [5.41, 5.74) is 0.724. The van der Waals surface area contributed by atoms with E-state index in [0.29, 0.717) is 5.75 Å². The smallest absolute Gasteiger partial charge is 0.165 e. The highest BCUT2D eigenvalue weighted by Crippen LogP contribution is 2.26. The number of rotatable bonds is 3. The molecule has 1 atom stereocenters. The second-order valence-corrected chi connectivity index (χ2v) is 3.92. The topological polar surface area (TPSA) is 29.5 Å². The zero-order valence-corrected chi connectivity index (χ0v) is 9.73. The van der Waals surface area contributed by atoms with Gasteiger partial charge in [0.2, 0.25) is 0 Å². The van der Waals surface area contributed by atoms with Gasteiger partial charge in [0.15, 0.2) is 11.6 Å². The van der Waals surface area contributed by atoms with Crippen molar-refractivity contribution in [3.63, 3.8) is 0 Å². The van der Waals surface area contributed by atoms with Gasteiger partial charge < -0.3 is 9.84 Å². The van der Waals surface area contributed by atoms with Gasteiger partial charge in [-0.25, -0.2) is 8.78 Å². The molecule has 18 heavy (non-hydrogen) atoms. The Bertz CT molecular complexity index is 536. The Morgan fingerprint density at radius 1 is 1.06 bits per heavy atom. The molecule has 94 valence electrons. The van der Waals surface area contributed by atoms with Crippen molar-refractivity contribution in [2.24, 2.45) is 0 Å². The first-order chi connectivity index (χ1) is 8.56. The van der Waals surface area contributed by atoms with Crippen molar-refractivity contribution in [1.29, 1.82) is 0 Å². The van der Waals surface area contributed by atoms with Crippen molar-refractivity contribution < 1.29 is 18.6 Å². The molecular formula is C14H12F2O2. The Hall–Kier alpha value is -1.94. The van der Waals surface area contributed by atoms with Gasteiger partial charge in [-0.1, -0.05) is 12.1 Å². The van der Waals surface area contributed by atoms with E-state index in [4.69, 9.17) is 4.74 Å². The lowest BCUT2D eigenvalue weighted by Crippen LogP contribution is -1.92.